The molecule has 96 valence electrons. The van der Waals surface area contributed by atoms with Gasteiger partial charge in [-0.1, -0.05) is 20.8 Å². The molecule has 1 unspecified atom stereocenters. The Hall–Kier alpha value is -0.620. The molecule has 0 saturated heterocycles. The average molecular weight is 250 g/mol. The Kier molecular flexibility index (Phi) is 6.59. The van der Waals surface area contributed by atoms with Crippen molar-refractivity contribution in [2.24, 2.45) is 5.92 Å². The van der Waals surface area contributed by atoms with Crippen LogP contribution in [0.5, 0.6) is 0 Å². The second kappa shape index (κ2) is 6.85. The van der Waals surface area contributed by atoms with Gasteiger partial charge in [-0.05, 0) is 18.8 Å². The van der Waals surface area contributed by atoms with E-state index >= 15 is 0 Å². The first-order chi connectivity index (χ1) is 7.32. The molecule has 0 aliphatic heterocycles. The Morgan fingerprint density at radius 2 is 1.88 bits per heavy atom. The van der Waals surface area contributed by atoms with Gasteiger partial charge >= 0.3 is 0 Å². The van der Waals surface area contributed by atoms with Gasteiger partial charge in [0.05, 0.1) is 5.75 Å². The monoisotopic (exact) mass is 250 g/mol. The van der Waals surface area contributed by atoms with Crippen molar-refractivity contribution in [1.82, 2.24) is 10.0 Å². The molecule has 0 aliphatic carbocycles. The van der Waals surface area contributed by atoms with E-state index in [2.05, 4.69) is 10.0 Å². The SMILES string of the molecule is CCCS(=O)(=O)NC(CC(C)C)C(=O)NC. The number of hydrogen-bond acceptors (Lipinski definition) is 3. The van der Waals surface area contributed by atoms with E-state index < -0.39 is 16.1 Å². The van der Waals surface area contributed by atoms with Gasteiger partial charge in [0.1, 0.15) is 6.04 Å². The smallest absolute Gasteiger partial charge is 0.237 e. The number of likely N-dealkylation sites (N-methyl/N-ethyl adjacent to an activating group) is 1. The molecule has 0 aromatic carbocycles. The lowest BCUT2D eigenvalue weighted by Gasteiger charge is -2.18. The summed E-state index contributed by atoms with van der Waals surface area (Å²) in [5, 5.41) is 2.47. The summed E-state index contributed by atoms with van der Waals surface area (Å²) in [5.74, 6) is 0.0264. The highest BCUT2D eigenvalue weighted by molar-refractivity contribution is 7.89. The summed E-state index contributed by atoms with van der Waals surface area (Å²) in [6.07, 6.45) is 1.04. The zero-order valence-electron chi connectivity index (χ0n) is 10.4. The molecule has 5 nitrogen and oxygen atoms in total. The van der Waals surface area contributed by atoms with Crippen molar-refractivity contribution in [2.75, 3.05) is 12.8 Å². The molecule has 0 fully saturated rings. The first kappa shape index (κ1) is 15.4. The molecule has 0 spiro atoms. The van der Waals surface area contributed by atoms with Gasteiger partial charge in [-0.2, -0.15) is 0 Å². The van der Waals surface area contributed by atoms with Crippen molar-refractivity contribution in [3.05, 3.63) is 0 Å². The van der Waals surface area contributed by atoms with Crippen molar-refractivity contribution in [1.29, 1.82) is 0 Å². The lowest BCUT2D eigenvalue weighted by Crippen LogP contribution is -2.46. The normalized spacial score (nSPS) is 13.8. The molecule has 1 atom stereocenters. The molecular formula is C10H22N2O3S. The summed E-state index contributed by atoms with van der Waals surface area (Å²) >= 11 is 0. The lowest BCUT2D eigenvalue weighted by molar-refractivity contribution is -0.122. The number of amides is 1. The molecule has 16 heavy (non-hydrogen) atoms. The highest BCUT2D eigenvalue weighted by atomic mass is 32.2. The number of carbonyl (C=O) groups is 1. The van der Waals surface area contributed by atoms with E-state index in [1.54, 1.807) is 6.92 Å². The highest BCUT2D eigenvalue weighted by Crippen LogP contribution is 2.06. The molecule has 0 radical (unpaired) electrons. The van der Waals surface area contributed by atoms with Gasteiger partial charge in [0.2, 0.25) is 15.9 Å². The maximum atomic E-state index is 11.6. The van der Waals surface area contributed by atoms with Crippen LogP contribution >= 0.6 is 0 Å². The van der Waals surface area contributed by atoms with E-state index in [1.807, 2.05) is 13.8 Å². The second-order valence-electron chi connectivity index (χ2n) is 4.23. The number of rotatable bonds is 7. The third-order valence-electron chi connectivity index (χ3n) is 2.06. The van der Waals surface area contributed by atoms with Gasteiger partial charge in [0, 0.05) is 7.05 Å². The van der Waals surface area contributed by atoms with E-state index in [-0.39, 0.29) is 17.6 Å². The fourth-order valence-corrected chi connectivity index (χ4v) is 2.69. The van der Waals surface area contributed by atoms with E-state index in [0.29, 0.717) is 12.8 Å². The van der Waals surface area contributed by atoms with Crippen LogP contribution in [0.3, 0.4) is 0 Å². The Morgan fingerprint density at radius 3 is 2.25 bits per heavy atom. The predicted octanol–water partition coefficient (Wildman–Crippen LogP) is 0.477. The molecule has 0 saturated carbocycles. The summed E-state index contributed by atoms with van der Waals surface area (Å²) in [6, 6.07) is -0.665. The van der Waals surface area contributed by atoms with E-state index in [4.69, 9.17) is 0 Å². The molecule has 6 heteroatoms. The second-order valence-corrected chi connectivity index (χ2v) is 6.11. The number of nitrogens with one attached hydrogen (secondary N) is 2. The molecule has 1 amide bonds. The van der Waals surface area contributed by atoms with Gasteiger partial charge in [-0.15, -0.1) is 0 Å². The van der Waals surface area contributed by atoms with Crippen LogP contribution in [0.2, 0.25) is 0 Å². The number of hydrogen-bond donors (Lipinski definition) is 2. The van der Waals surface area contributed by atoms with E-state index in [1.165, 1.54) is 7.05 Å². The van der Waals surface area contributed by atoms with Crippen molar-refractivity contribution in [3.63, 3.8) is 0 Å². The van der Waals surface area contributed by atoms with Gasteiger partial charge in [0.15, 0.2) is 0 Å². The van der Waals surface area contributed by atoms with Crippen LogP contribution < -0.4 is 10.0 Å². The van der Waals surface area contributed by atoms with Crippen LogP contribution in [0.15, 0.2) is 0 Å². The van der Waals surface area contributed by atoms with Crippen molar-refractivity contribution < 1.29 is 13.2 Å². The van der Waals surface area contributed by atoms with E-state index in [9.17, 15) is 13.2 Å². The summed E-state index contributed by atoms with van der Waals surface area (Å²) in [5.41, 5.74) is 0. The highest BCUT2D eigenvalue weighted by Gasteiger charge is 2.23. The minimum absolute atomic E-state index is 0.0542. The molecular weight excluding hydrogens is 228 g/mol. The first-order valence-corrected chi connectivity index (χ1v) is 7.19. The maximum Gasteiger partial charge on any atom is 0.237 e. The van der Waals surface area contributed by atoms with Crippen molar-refractivity contribution >= 4 is 15.9 Å². The molecule has 0 rings (SSSR count). The topological polar surface area (TPSA) is 75.3 Å². The fourth-order valence-electron chi connectivity index (χ4n) is 1.40. The average Bonchev–Trinajstić information content (AvgIpc) is 2.14. The Morgan fingerprint density at radius 1 is 1.31 bits per heavy atom. The summed E-state index contributed by atoms with van der Waals surface area (Å²) in [4.78, 5) is 11.5. The minimum atomic E-state index is -3.34. The van der Waals surface area contributed by atoms with Crippen molar-refractivity contribution in [2.45, 2.75) is 39.7 Å². The standard InChI is InChI=1S/C10H22N2O3S/c1-5-6-16(14,15)12-9(7-8(2)3)10(13)11-4/h8-9,12H,5-7H2,1-4H3,(H,11,13). The van der Waals surface area contributed by atoms with Gasteiger partial charge in [-0.3, -0.25) is 4.79 Å². The Balaban J connectivity index is 4.60. The first-order valence-electron chi connectivity index (χ1n) is 5.54. The van der Waals surface area contributed by atoms with Gasteiger partial charge < -0.3 is 5.32 Å². The summed E-state index contributed by atoms with van der Waals surface area (Å²) < 4.78 is 25.5. The minimum Gasteiger partial charge on any atom is -0.358 e. The molecule has 0 aliphatic rings. The van der Waals surface area contributed by atoms with Crippen molar-refractivity contribution in [3.8, 4) is 0 Å². The molecule has 0 bridgehead atoms. The summed E-state index contributed by atoms with van der Waals surface area (Å²) in [6.45, 7) is 5.69. The molecule has 0 aromatic heterocycles. The Bertz CT molecular complexity index is 312. The predicted molar refractivity (Wildman–Crippen MR) is 64.5 cm³/mol. The third-order valence-corrected chi connectivity index (χ3v) is 3.65. The zero-order chi connectivity index (χ0) is 12.8. The van der Waals surface area contributed by atoms with Crippen LogP contribution in [0.4, 0.5) is 0 Å². The van der Waals surface area contributed by atoms with Crippen LogP contribution in [0.1, 0.15) is 33.6 Å². The van der Waals surface area contributed by atoms with Gasteiger partial charge in [-0.25, -0.2) is 13.1 Å². The van der Waals surface area contributed by atoms with Crippen LogP contribution in [-0.2, 0) is 14.8 Å². The fraction of sp³-hybridized carbons (Fsp3) is 0.900. The number of carbonyl (C=O) groups excluding carboxylic acids is 1. The van der Waals surface area contributed by atoms with Crippen LogP contribution in [0, 0.1) is 5.92 Å². The van der Waals surface area contributed by atoms with Gasteiger partial charge in [0.25, 0.3) is 0 Å². The molecule has 2 N–H and O–H groups in total. The largest absolute Gasteiger partial charge is 0.358 e. The number of sulfonamides is 1. The summed E-state index contributed by atoms with van der Waals surface area (Å²) in [7, 11) is -1.84. The molecule has 0 aromatic rings. The van der Waals surface area contributed by atoms with Crippen LogP contribution in [0.25, 0.3) is 0 Å². The zero-order valence-corrected chi connectivity index (χ0v) is 11.2. The third kappa shape index (κ3) is 6.07. The quantitative estimate of drug-likeness (QED) is 0.690. The van der Waals surface area contributed by atoms with Crippen LogP contribution in [-0.4, -0.2) is 33.2 Å². The lowest BCUT2D eigenvalue weighted by atomic mass is 10.0. The Labute approximate surface area is 98.0 Å². The molecule has 0 heterocycles. The van der Waals surface area contributed by atoms with E-state index in [0.717, 1.165) is 0 Å². The maximum absolute atomic E-state index is 11.6.